The molecule has 0 aromatic carbocycles. The maximum absolute atomic E-state index is 13.0. The Morgan fingerprint density at radius 3 is 2.43 bits per heavy atom. The van der Waals surface area contributed by atoms with Crippen molar-refractivity contribution >= 4 is 33.2 Å². The third-order valence-electron chi connectivity index (χ3n) is 4.97. The molecule has 1 aromatic heterocycles. The minimum absolute atomic E-state index is 0.0334. The number of rotatable bonds is 8. The first kappa shape index (κ1) is 21.2. The fourth-order valence-corrected chi connectivity index (χ4v) is 5.49. The number of hydrogen-bond acceptors (Lipinski definition) is 6. The summed E-state index contributed by atoms with van der Waals surface area (Å²) in [7, 11) is -3.72. The van der Waals surface area contributed by atoms with Gasteiger partial charge in [-0.25, -0.2) is 8.42 Å². The van der Waals surface area contributed by atoms with Crippen LogP contribution in [0.1, 0.15) is 26.7 Å². The van der Waals surface area contributed by atoms with E-state index >= 15 is 0 Å². The molecule has 2 N–H and O–H groups in total. The van der Waals surface area contributed by atoms with Gasteiger partial charge in [-0.05, 0) is 30.2 Å². The maximum atomic E-state index is 13.0. The SMILES string of the molecule is CC(C)[C@@H](NS(=O)(=O)c1cccs1)C(=O)N1CCN(CC(=O)NC2CC2)CC1. The zero-order chi connectivity index (χ0) is 20.3. The van der Waals surface area contributed by atoms with Crippen molar-refractivity contribution < 1.29 is 18.0 Å². The van der Waals surface area contributed by atoms with Gasteiger partial charge in [-0.3, -0.25) is 14.5 Å². The lowest BCUT2D eigenvalue weighted by atomic mass is 10.0. The van der Waals surface area contributed by atoms with Crippen LogP contribution < -0.4 is 10.0 Å². The van der Waals surface area contributed by atoms with Crippen LogP contribution in [0.15, 0.2) is 21.7 Å². The van der Waals surface area contributed by atoms with Crippen molar-refractivity contribution in [2.24, 2.45) is 5.92 Å². The second-order valence-corrected chi connectivity index (χ2v) is 10.6. The van der Waals surface area contributed by atoms with Gasteiger partial charge in [0.2, 0.25) is 11.8 Å². The van der Waals surface area contributed by atoms with Gasteiger partial charge in [0.05, 0.1) is 6.54 Å². The third kappa shape index (κ3) is 5.53. The summed E-state index contributed by atoms with van der Waals surface area (Å²) in [6, 6.07) is 2.74. The van der Waals surface area contributed by atoms with Crippen molar-refractivity contribution in [1.82, 2.24) is 19.8 Å². The zero-order valence-electron chi connectivity index (χ0n) is 16.3. The molecule has 1 aromatic rings. The molecule has 3 rings (SSSR count). The standard InChI is InChI=1S/C18H28N4O4S2/c1-13(2)17(20-28(25,26)16-4-3-11-27-16)18(24)22-9-7-21(8-10-22)12-15(23)19-14-5-6-14/h3-4,11,13-14,17,20H,5-10,12H2,1-2H3,(H,19,23)/t17-/m1/s1. The molecule has 0 bridgehead atoms. The predicted octanol–water partition coefficient (Wildman–Crippen LogP) is 0.474. The molecule has 1 saturated carbocycles. The van der Waals surface area contributed by atoms with Gasteiger partial charge in [-0.1, -0.05) is 19.9 Å². The van der Waals surface area contributed by atoms with Crippen LogP contribution in [0, 0.1) is 5.92 Å². The summed E-state index contributed by atoms with van der Waals surface area (Å²) in [6.07, 6.45) is 2.12. The lowest BCUT2D eigenvalue weighted by Gasteiger charge is -2.36. The molecular formula is C18H28N4O4S2. The fraction of sp³-hybridized carbons (Fsp3) is 0.667. The van der Waals surface area contributed by atoms with E-state index in [4.69, 9.17) is 0 Å². The lowest BCUT2D eigenvalue weighted by molar-refractivity contribution is -0.136. The van der Waals surface area contributed by atoms with Gasteiger partial charge in [0.1, 0.15) is 10.3 Å². The van der Waals surface area contributed by atoms with Crippen LogP contribution in [0.5, 0.6) is 0 Å². The van der Waals surface area contributed by atoms with E-state index in [1.165, 1.54) is 6.07 Å². The Balaban J connectivity index is 1.54. The zero-order valence-corrected chi connectivity index (χ0v) is 17.9. The van der Waals surface area contributed by atoms with E-state index in [2.05, 4.69) is 10.0 Å². The van der Waals surface area contributed by atoms with Crippen LogP contribution in [0.25, 0.3) is 0 Å². The van der Waals surface area contributed by atoms with Crippen LogP contribution in [0.3, 0.4) is 0 Å². The molecule has 0 unspecified atom stereocenters. The summed E-state index contributed by atoms with van der Waals surface area (Å²) >= 11 is 1.13. The average molecular weight is 429 g/mol. The number of piperazine rings is 1. The van der Waals surface area contributed by atoms with Gasteiger partial charge in [-0.2, -0.15) is 4.72 Å². The Hall–Kier alpha value is -1.49. The number of nitrogens with one attached hydrogen (secondary N) is 2. The highest BCUT2D eigenvalue weighted by molar-refractivity contribution is 7.91. The van der Waals surface area contributed by atoms with Gasteiger partial charge < -0.3 is 10.2 Å². The highest BCUT2D eigenvalue weighted by atomic mass is 32.2. The second kappa shape index (κ2) is 8.89. The van der Waals surface area contributed by atoms with E-state index in [9.17, 15) is 18.0 Å². The third-order valence-corrected chi connectivity index (χ3v) is 7.81. The fourth-order valence-electron chi connectivity index (χ4n) is 3.14. The first-order valence-corrected chi connectivity index (χ1v) is 12.0. The van der Waals surface area contributed by atoms with E-state index < -0.39 is 16.1 Å². The molecule has 156 valence electrons. The first-order valence-electron chi connectivity index (χ1n) is 9.62. The van der Waals surface area contributed by atoms with Crippen LogP contribution in [-0.4, -0.2) is 74.8 Å². The Kier molecular flexibility index (Phi) is 6.74. The molecule has 0 spiro atoms. The lowest BCUT2D eigenvalue weighted by Crippen LogP contribution is -2.57. The van der Waals surface area contributed by atoms with Crippen molar-refractivity contribution in [3.63, 3.8) is 0 Å². The molecule has 1 saturated heterocycles. The van der Waals surface area contributed by atoms with Crippen LogP contribution in [0.4, 0.5) is 0 Å². The summed E-state index contributed by atoms with van der Waals surface area (Å²) in [4.78, 5) is 28.6. The van der Waals surface area contributed by atoms with Crippen molar-refractivity contribution in [3.05, 3.63) is 17.5 Å². The number of nitrogens with zero attached hydrogens (tertiary/aromatic N) is 2. The molecule has 1 atom stereocenters. The summed E-state index contributed by atoms with van der Waals surface area (Å²) in [5.74, 6) is -0.354. The molecule has 2 amide bonds. The van der Waals surface area contributed by atoms with E-state index in [0.29, 0.717) is 38.8 Å². The normalized spacial score (nSPS) is 19.6. The summed E-state index contributed by atoms with van der Waals surface area (Å²) in [5, 5.41) is 4.66. The number of sulfonamides is 1. The quantitative estimate of drug-likeness (QED) is 0.627. The smallest absolute Gasteiger partial charge is 0.250 e. The second-order valence-electron chi connectivity index (χ2n) is 7.72. The molecular weight excluding hydrogens is 400 g/mol. The summed E-state index contributed by atoms with van der Waals surface area (Å²) < 4.78 is 27.9. The van der Waals surface area contributed by atoms with Gasteiger partial charge in [0, 0.05) is 32.2 Å². The largest absolute Gasteiger partial charge is 0.352 e. The Bertz CT molecular complexity index is 783. The number of amides is 2. The van der Waals surface area contributed by atoms with Crippen molar-refractivity contribution in [2.75, 3.05) is 32.7 Å². The van der Waals surface area contributed by atoms with Gasteiger partial charge in [-0.15, -0.1) is 11.3 Å². The van der Waals surface area contributed by atoms with Crippen LogP contribution in [-0.2, 0) is 19.6 Å². The van der Waals surface area contributed by atoms with Crippen molar-refractivity contribution in [2.45, 2.75) is 43.0 Å². The molecule has 0 radical (unpaired) electrons. The Labute approximate surface area is 170 Å². The van der Waals surface area contributed by atoms with Crippen LogP contribution in [0.2, 0.25) is 0 Å². The predicted molar refractivity (Wildman–Crippen MR) is 107 cm³/mol. The van der Waals surface area contributed by atoms with Gasteiger partial charge >= 0.3 is 0 Å². The molecule has 10 heteroatoms. The molecule has 2 heterocycles. The first-order chi connectivity index (χ1) is 13.3. The highest BCUT2D eigenvalue weighted by Crippen LogP contribution is 2.19. The Morgan fingerprint density at radius 1 is 1.21 bits per heavy atom. The maximum Gasteiger partial charge on any atom is 0.250 e. The summed E-state index contributed by atoms with van der Waals surface area (Å²) in [6.45, 7) is 6.19. The monoisotopic (exact) mass is 428 g/mol. The van der Waals surface area contributed by atoms with Crippen LogP contribution >= 0.6 is 11.3 Å². The Morgan fingerprint density at radius 2 is 1.89 bits per heavy atom. The molecule has 8 nitrogen and oxygen atoms in total. The average Bonchev–Trinajstić information content (AvgIpc) is 3.26. The summed E-state index contributed by atoms with van der Waals surface area (Å²) in [5.41, 5.74) is 0. The molecule has 2 aliphatic rings. The van der Waals surface area contributed by atoms with E-state index in [1.54, 1.807) is 16.3 Å². The molecule has 1 aliphatic carbocycles. The van der Waals surface area contributed by atoms with Gasteiger partial charge in [0.15, 0.2) is 0 Å². The molecule has 2 fully saturated rings. The number of carbonyl (C=O) groups is 2. The van der Waals surface area contributed by atoms with Gasteiger partial charge in [0.25, 0.3) is 10.0 Å². The topological polar surface area (TPSA) is 98.8 Å². The minimum atomic E-state index is -3.72. The van der Waals surface area contributed by atoms with E-state index in [0.717, 1.165) is 24.2 Å². The number of carbonyl (C=O) groups excluding carboxylic acids is 2. The molecule has 1 aliphatic heterocycles. The molecule has 28 heavy (non-hydrogen) atoms. The van der Waals surface area contributed by atoms with E-state index in [1.807, 2.05) is 18.7 Å². The number of hydrogen-bond donors (Lipinski definition) is 2. The van der Waals surface area contributed by atoms with Crippen molar-refractivity contribution in [1.29, 1.82) is 0 Å². The minimum Gasteiger partial charge on any atom is -0.352 e. The van der Waals surface area contributed by atoms with Crippen molar-refractivity contribution in [3.8, 4) is 0 Å². The van der Waals surface area contributed by atoms with E-state index in [-0.39, 0.29) is 21.9 Å². The number of thiophene rings is 1. The highest BCUT2D eigenvalue weighted by Gasteiger charge is 2.33.